The second-order valence-corrected chi connectivity index (χ2v) is 6.34. The van der Waals surface area contributed by atoms with Crippen LogP contribution in [0.4, 0.5) is 0 Å². The zero-order chi connectivity index (χ0) is 13.2. The van der Waals surface area contributed by atoms with E-state index in [0.29, 0.717) is 0 Å². The normalized spacial score (nSPS) is 18.0. The number of hydrogen-bond acceptors (Lipinski definition) is 2. The van der Waals surface area contributed by atoms with Gasteiger partial charge in [-0.2, -0.15) is 5.10 Å². The highest BCUT2D eigenvalue weighted by Crippen LogP contribution is 2.27. The standard InChI is InChI=1S/C15H12Br2N2/c16-12-5-1-3-10(7-12)14-9-15(19-18-14)11-4-2-6-13(17)8-11/h1-8,14,18H,9H2. The van der Waals surface area contributed by atoms with Gasteiger partial charge in [-0.3, -0.25) is 0 Å². The van der Waals surface area contributed by atoms with Gasteiger partial charge in [-0.1, -0.05) is 56.1 Å². The van der Waals surface area contributed by atoms with E-state index in [-0.39, 0.29) is 6.04 Å². The molecule has 19 heavy (non-hydrogen) atoms. The summed E-state index contributed by atoms with van der Waals surface area (Å²) in [5, 5.41) is 4.47. The van der Waals surface area contributed by atoms with E-state index < -0.39 is 0 Å². The van der Waals surface area contributed by atoms with Gasteiger partial charge >= 0.3 is 0 Å². The molecule has 2 aromatic carbocycles. The minimum absolute atomic E-state index is 0.256. The topological polar surface area (TPSA) is 24.4 Å². The lowest BCUT2D eigenvalue weighted by Gasteiger charge is -2.10. The molecule has 2 aromatic rings. The Balaban J connectivity index is 1.80. The number of hydrogen-bond donors (Lipinski definition) is 1. The SMILES string of the molecule is Brc1cccc(C2=NNC(c3cccc(Br)c3)C2)c1. The minimum Gasteiger partial charge on any atom is -0.302 e. The van der Waals surface area contributed by atoms with Gasteiger partial charge in [-0.25, -0.2) is 0 Å². The molecular weight excluding hydrogens is 368 g/mol. The second-order valence-electron chi connectivity index (χ2n) is 4.51. The fourth-order valence-electron chi connectivity index (χ4n) is 2.21. The molecule has 1 unspecified atom stereocenters. The summed E-state index contributed by atoms with van der Waals surface area (Å²) in [4.78, 5) is 0. The van der Waals surface area contributed by atoms with Crippen molar-refractivity contribution in [1.29, 1.82) is 0 Å². The maximum absolute atomic E-state index is 4.47. The van der Waals surface area contributed by atoms with E-state index in [1.807, 2.05) is 18.2 Å². The van der Waals surface area contributed by atoms with Crippen molar-refractivity contribution in [2.24, 2.45) is 5.10 Å². The van der Waals surface area contributed by atoms with Gasteiger partial charge in [0, 0.05) is 15.4 Å². The van der Waals surface area contributed by atoms with Crippen LogP contribution in [0.5, 0.6) is 0 Å². The lowest BCUT2D eigenvalue weighted by molar-refractivity contribution is 0.620. The summed E-state index contributed by atoms with van der Waals surface area (Å²) in [6.07, 6.45) is 0.910. The number of halogens is 2. The Morgan fingerprint density at radius 3 is 2.47 bits per heavy atom. The van der Waals surface area contributed by atoms with E-state index in [1.54, 1.807) is 0 Å². The lowest BCUT2D eigenvalue weighted by Crippen LogP contribution is -2.09. The van der Waals surface area contributed by atoms with Gasteiger partial charge in [0.2, 0.25) is 0 Å². The molecule has 1 N–H and O–H groups in total. The third-order valence-corrected chi connectivity index (χ3v) is 4.15. The molecule has 96 valence electrons. The highest BCUT2D eigenvalue weighted by atomic mass is 79.9. The number of rotatable bonds is 2. The summed E-state index contributed by atoms with van der Waals surface area (Å²) in [7, 11) is 0. The van der Waals surface area contributed by atoms with Crippen molar-refractivity contribution in [2.75, 3.05) is 0 Å². The Morgan fingerprint density at radius 2 is 1.74 bits per heavy atom. The summed E-state index contributed by atoms with van der Waals surface area (Å²) in [6.45, 7) is 0. The van der Waals surface area contributed by atoms with Crippen LogP contribution in [-0.2, 0) is 0 Å². The molecule has 0 spiro atoms. The first-order valence-electron chi connectivity index (χ1n) is 6.06. The van der Waals surface area contributed by atoms with Crippen LogP contribution in [0.3, 0.4) is 0 Å². The van der Waals surface area contributed by atoms with E-state index in [0.717, 1.165) is 21.1 Å². The molecule has 0 saturated carbocycles. The van der Waals surface area contributed by atoms with Gasteiger partial charge in [0.25, 0.3) is 0 Å². The van der Waals surface area contributed by atoms with Crippen molar-refractivity contribution in [3.63, 3.8) is 0 Å². The molecule has 0 bridgehead atoms. The second kappa shape index (κ2) is 5.47. The van der Waals surface area contributed by atoms with Crippen LogP contribution >= 0.6 is 31.9 Å². The zero-order valence-corrected chi connectivity index (χ0v) is 13.3. The van der Waals surface area contributed by atoms with Crippen molar-refractivity contribution in [2.45, 2.75) is 12.5 Å². The molecule has 0 amide bonds. The van der Waals surface area contributed by atoms with Gasteiger partial charge in [0.1, 0.15) is 0 Å². The van der Waals surface area contributed by atoms with Gasteiger partial charge in [-0.05, 0) is 35.4 Å². The van der Waals surface area contributed by atoms with E-state index in [4.69, 9.17) is 0 Å². The maximum atomic E-state index is 4.47. The first-order valence-corrected chi connectivity index (χ1v) is 7.64. The molecule has 0 aromatic heterocycles. The average molecular weight is 380 g/mol. The average Bonchev–Trinajstić information content (AvgIpc) is 2.88. The number of benzene rings is 2. The molecule has 3 rings (SSSR count). The highest BCUT2D eigenvalue weighted by molar-refractivity contribution is 9.10. The van der Waals surface area contributed by atoms with Crippen molar-refractivity contribution in [1.82, 2.24) is 5.43 Å². The van der Waals surface area contributed by atoms with Crippen molar-refractivity contribution < 1.29 is 0 Å². The number of nitrogens with zero attached hydrogens (tertiary/aromatic N) is 1. The molecule has 1 aliphatic rings. The van der Waals surface area contributed by atoms with Gasteiger partial charge in [0.05, 0.1) is 11.8 Å². The molecule has 1 aliphatic heterocycles. The molecule has 0 radical (unpaired) electrons. The molecule has 0 saturated heterocycles. The predicted octanol–water partition coefficient (Wildman–Crippen LogP) is 4.65. The smallest absolute Gasteiger partial charge is 0.0746 e. The van der Waals surface area contributed by atoms with Crippen LogP contribution in [0.25, 0.3) is 0 Å². The molecule has 1 heterocycles. The van der Waals surface area contributed by atoms with Crippen molar-refractivity contribution >= 4 is 37.6 Å². The van der Waals surface area contributed by atoms with Crippen molar-refractivity contribution in [3.05, 3.63) is 68.6 Å². The van der Waals surface area contributed by atoms with Crippen LogP contribution in [0.2, 0.25) is 0 Å². The van der Waals surface area contributed by atoms with Crippen LogP contribution in [0.15, 0.2) is 62.6 Å². The highest BCUT2D eigenvalue weighted by Gasteiger charge is 2.21. The predicted molar refractivity (Wildman–Crippen MR) is 85.3 cm³/mol. The first kappa shape index (κ1) is 12.9. The van der Waals surface area contributed by atoms with E-state index in [1.165, 1.54) is 11.1 Å². The Hall–Kier alpha value is -1.13. The van der Waals surface area contributed by atoms with Gasteiger partial charge in [-0.15, -0.1) is 0 Å². The largest absolute Gasteiger partial charge is 0.302 e. The monoisotopic (exact) mass is 378 g/mol. The van der Waals surface area contributed by atoms with Gasteiger partial charge < -0.3 is 5.43 Å². The summed E-state index contributed by atoms with van der Waals surface area (Å²) >= 11 is 7.00. The van der Waals surface area contributed by atoms with E-state index in [9.17, 15) is 0 Å². The van der Waals surface area contributed by atoms with E-state index >= 15 is 0 Å². The minimum atomic E-state index is 0.256. The molecule has 1 atom stereocenters. The fraction of sp³-hybridized carbons (Fsp3) is 0.133. The Kier molecular flexibility index (Phi) is 3.71. The fourth-order valence-corrected chi connectivity index (χ4v) is 3.02. The van der Waals surface area contributed by atoms with E-state index in [2.05, 4.69) is 72.7 Å². The van der Waals surface area contributed by atoms with Crippen LogP contribution in [0, 0.1) is 0 Å². The van der Waals surface area contributed by atoms with Gasteiger partial charge in [0.15, 0.2) is 0 Å². The quantitative estimate of drug-likeness (QED) is 0.806. The molecular formula is C15H12Br2N2. The first-order chi connectivity index (χ1) is 9.22. The van der Waals surface area contributed by atoms with Crippen LogP contribution < -0.4 is 5.43 Å². The Bertz CT molecular complexity index is 638. The summed E-state index contributed by atoms with van der Waals surface area (Å²) in [5.74, 6) is 0. The Labute approximate surface area is 129 Å². The summed E-state index contributed by atoms with van der Waals surface area (Å²) in [5.41, 5.74) is 6.74. The summed E-state index contributed by atoms with van der Waals surface area (Å²) < 4.78 is 2.18. The Morgan fingerprint density at radius 1 is 1.00 bits per heavy atom. The zero-order valence-electron chi connectivity index (χ0n) is 10.1. The van der Waals surface area contributed by atoms with Crippen molar-refractivity contribution in [3.8, 4) is 0 Å². The third kappa shape index (κ3) is 2.90. The van der Waals surface area contributed by atoms with Crippen LogP contribution in [-0.4, -0.2) is 5.71 Å². The molecule has 4 heteroatoms. The number of nitrogens with one attached hydrogen (secondary N) is 1. The number of hydrazone groups is 1. The third-order valence-electron chi connectivity index (χ3n) is 3.16. The van der Waals surface area contributed by atoms with Crippen LogP contribution in [0.1, 0.15) is 23.6 Å². The molecule has 2 nitrogen and oxygen atoms in total. The maximum Gasteiger partial charge on any atom is 0.0746 e. The lowest BCUT2D eigenvalue weighted by atomic mass is 9.99. The summed E-state index contributed by atoms with van der Waals surface area (Å²) in [6, 6.07) is 16.9. The molecule has 0 fully saturated rings. The molecule has 0 aliphatic carbocycles.